The van der Waals surface area contributed by atoms with Crippen molar-refractivity contribution < 1.29 is 19.1 Å². The van der Waals surface area contributed by atoms with E-state index in [1.807, 2.05) is 60.0 Å². The Labute approximate surface area is 154 Å². The monoisotopic (exact) mass is 367 g/mol. The van der Waals surface area contributed by atoms with Crippen molar-refractivity contribution >= 4 is 39.6 Å². The third-order valence-electron chi connectivity index (χ3n) is 3.67. The molecule has 1 N–H and O–H groups in total. The van der Waals surface area contributed by atoms with Crippen LogP contribution >= 0.6 is 11.3 Å². The standard InChI is InChI=1S/C20H17NO4S/c1-24-19(22)17(11-15-13-26-18-10-6-5-9-16(15)18)21-20(23)25-12-14-7-3-2-4-8-14/h2-11,13H,12H2,1H3,(H,21,23)/b17-11-. The molecule has 0 aliphatic carbocycles. The molecular weight excluding hydrogens is 350 g/mol. The lowest BCUT2D eigenvalue weighted by Crippen LogP contribution is -2.28. The molecule has 0 aliphatic rings. The number of hydrogen-bond donors (Lipinski definition) is 1. The van der Waals surface area contributed by atoms with Gasteiger partial charge < -0.3 is 9.47 Å². The van der Waals surface area contributed by atoms with Gasteiger partial charge in [0.05, 0.1) is 7.11 Å². The molecule has 5 nitrogen and oxygen atoms in total. The second-order valence-corrected chi connectivity index (χ2v) is 6.33. The van der Waals surface area contributed by atoms with Crippen LogP contribution in [0.15, 0.2) is 65.7 Å². The lowest BCUT2D eigenvalue weighted by atomic mass is 10.1. The highest BCUT2D eigenvalue weighted by Gasteiger charge is 2.15. The number of ether oxygens (including phenoxy) is 2. The van der Waals surface area contributed by atoms with E-state index in [4.69, 9.17) is 9.47 Å². The number of benzene rings is 2. The Morgan fingerprint density at radius 3 is 2.58 bits per heavy atom. The largest absolute Gasteiger partial charge is 0.464 e. The molecular formula is C20H17NO4S. The van der Waals surface area contributed by atoms with Crippen molar-refractivity contribution in [1.29, 1.82) is 0 Å². The third kappa shape index (κ3) is 4.29. The maximum atomic E-state index is 12.1. The van der Waals surface area contributed by atoms with E-state index in [0.29, 0.717) is 0 Å². The van der Waals surface area contributed by atoms with Gasteiger partial charge in [-0.3, -0.25) is 5.32 Å². The van der Waals surface area contributed by atoms with Crippen LogP contribution in [0.5, 0.6) is 0 Å². The second-order valence-electron chi connectivity index (χ2n) is 5.42. The molecule has 1 heterocycles. The first-order valence-electron chi connectivity index (χ1n) is 7.91. The minimum Gasteiger partial charge on any atom is -0.464 e. The zero-order valence-corrected chi connectivity index (χ0v) is 14.9. The van der Waals surface area contributed by atoms with Crippen LogP contribution in [0, 0.1) is 0 Å². The number of hydrogen-bond acceptors (Lipinski definition) is 5. The number of thiophene rings is 1. The van der Waals surface area contributed by atoms with E-state index in [0.717, 1.165) is 21.2 Å². The molecule has 0 fully saturated rings. The Bertz CT molecular complexity index is 947. The molecule has 26 heavy (non-hydrogen) atoms. The molecule has 0 atom stereocenters. The van der Waals surface area contributed by atoms with Crippen LogP contribution in [-0.2, 0) is 20.9 Å². The van der Waals surface area contributed by atoms with E-state index in [9.17, 15) is 9.59 Å². The zero-order valence-electron chi connectivity index (χ0n) is 14.1. The van der Waals surface area contributed by atoms with Crippen LogP contribution in [-0.4, -0.2) is 19.2 Å². The number of carbonyl (C=O) groups is 2. The van der Waals surface area contributed by atoms with E-state index >= 15 is 0 Å². The minimum atomic E-state index is -0.718. The number of methoxy groups -OCH3 is 1. The second kappa shape index (κ2) is 8.31. The van der Waals surface area contributed by atoms with Crippen molar-refractivity contribution in [2.75, 3.05) is 7.11 Å². The number of esters is 1. The van der Waals surface area contributed by atoms with Gasteiger partial charge in [0.25, 0.3) is 0 Å². The van der Waals surface area contributed by atoms with Crippen LogP contribution in [0.25, 0.3) is 16.2 Å². The topological polar surface area (TPSA) is 64.6 Å². The van der Waals surface area contributed by atoms with E-state index in [1.165, 1.54) is 7.11 Å². The molecule has 0 saturated carbocycles. The summed E-state index contributed by atoms with van der Waals surface area (Å²) < 4.78 is 11.0. The average Bonchev–Trinajstić information content (AvgIpc) is 3.09. The maximum absolute atomic E-state index is 12.1. The van der Waals surface area contributed by atoms with Gasteiger partial charge in [0.15, 0.2) is 0 Å². The fraction of sp³-hybridized carbons (Fsp3) is 0.100. The first-order chi connectivity index (χ1) is 12.7. The fourth-order valence-corrected chi connectivity index (χ4v) is 3.31. The summed E-state index contributed by atoms with van der Waals surface area (Å²) in [5.41, 5.74) is 1.71. The normalized spacial score (nSPS) is 11.2. The van der Waals surface area contributed by atoms with E-state index in [-0.39, 0.29) is 12.3 Å². The molecule has 132 valence electrons. The number of carbonyl (C=O) groups excluding carboxylic acids is 2. The van der Waals surface area contributed by atoms with Gasteiger partial charge in [-0.2, -0.15) is 0 Å². The predicted octanol–water partition coefficient (Wildman–Crippen LogP) is 4.34. The lowest BCUT2D eigenvalue weighted by Gasteiger charge is -2.09. The van der Waals surface area contributed by atoms with Gasteiger partial charge in [0.1, 0.15) is 12.3 Å². The van der Waals surface area contributed by atoms with Crippen LogP contribution in [0.1, 0.15) is 11.1 Å². The Balaban J connectivity index is 1.75. The van der Waals surface area contributed by atoms with Crippen LogP contribution in [0.2, 0.25) is 0 Å². The molecule has 0 bridgehead atoms. The highest BCUT2D eigenvalue weighted by molar-refractivity contribution is 7.17. The molecule has 0 unspecified atom stereocenters. The number of amides is 1. The van der Waals surface area contributed by atoms with Gasteiger partial charge in [-0.05, 0) is 34.0 Å². The third-order valence-corrected chi connectivity index (χ3v) is 4.65. The van der Waals surface area contributed by atoms with E-state index < -0.39 is 12.1 Å². The Morgan fingerprint density at radius 2 is 1.81 bits per heavy atom. The van der Waals surface area contributed by atoms with Crippen molar-refractivity contribution in [3.8, 4) is 0 Å². The Hall–Kier alpha value is -3.12. The Morgan fingerprint density at radius 1 is 1.08 bits per heavy atom. The van der Waals surface area contributed by atoms with Crippen molar-refractivity contribution in [1.82, 2.24) is 5.32 Å². The highest BCUT2D eigenvalue weighted by atomic mass is 32.1. The smallest absolute Gasteiger partial charge is 0.412 e. The lowest BCUT2D eigenvalue weighted by molar-refractivity contribution is -0.136. The molecule has 6 heteroatoms. The summed E-state index contributed by atoms with van der Waals surface area (Å²) in [5.74, 6) is -0.642. The van der Waals surface area contributed by atoms with Gasteiger partial charge >= 0.3 is 12.1 Å². The van der Waals surface area contributed by atoms with Crippen LogP contribution < -0.4 is 5.32 Å². The summed E-state index contributed by atoms with van der Waals surface area (Å²) in [6.07, 6.45) is 0.874. The molecule has 0 aliphatic heterocycles. The summed E-state index contributed by atoms with van der Waals surface area (Å²) in [4.78, 5) is 24.1. The van der Waals surface area contributed by atoms with Gasteiger partial charge in [0, 0.05) is 4.70 Å². The van der Waals surface area contributed by atoms with E-state index in [2.05, 4.69) is 5.32 Å². The van der Waals surface area contributed by atoms with Gasteiger partial charge in [-0.25, -0.2) is 9.59 Å². The number of rotatable bonds is 5. The summed E-state index contributed by atoms with van der Waals surface area (Å²) in [6.45, 7) is 0.114. The molecule has 2 aromatic carbocycles. The van der Waals surface area contributed by atoms with Crippen LogP contribution in [0.4, 0.5) is 4.79 Å². The van der Waals surface area contributed by atoms with Crippen molar-refractivity contribution in [3.05, 3.63) is 76.8 Å². The summed E-state index contributed by atoms with van der Waals surface area (Å²) in [7, 11) is 1.26. The minimum absolute atomic E-state index is 0.0223. The van der Waals surface area contributed by atoms with Crippen molar-refractivity contribution in [2.24, 2.45) is 0 Å². The number of alkyl carbamates (subject to hydrolysis) is 1. The summed E-state index contributed by atoms with van der Waals surface area (Å²) >= 11 is 1.56. The number of nitrogens with one attached hydrogen (secondary N) is 1. The first-order valence-corrected chi connectivity index (χ1v) is 8.79. The van der Waals surface area contributed by atoms with Crippen molar-refractivity contribution in [3.63, 3.8) is 0 Å². The zero-order chi connectivity index (χ0) is 18.4. The summed E-state index contributed by atoms with van der Waals surface area (Å²) in [6, 6.07) is 17.1. The predicted molar refractivity (Wildman–Crippen MR) is 102 cm³/mol. The first kappa shape index (κ1) is 17.7. The molecule has 0 radical (unpaired) electrons. The molecule has 1 aromatic heterocycles. The van der Waals surface area contributed by atoms with Gasteiger partial charge in [-0.1, -0.05) is 48.5 Å². The van der Waals surface area contributed by atoms with Gasteiger partial charge in [-0.15, -0.1) is 11.3 Å². The Kier molecular flexibility index (Phi) is 5.66. The summed E-state index contributed by atoms with van der Waals surface area (Å²) in [5, 5.41) is 5.39. The molecule has 3 rings (SSSR count). The maximum Gasteiger partial charge on any atom is 0.412 e. The quantitative estimate of drug-likeness (QED) is 0.538. The fourth-order valence-electron chi connectivity index (χ4n) is 2.39. The average molecular weight is 367 g/mol. The van der Waals surface area contributed by atoms with Crippen LogP contribution in [0.3, 0.4) is 0 Å². The number of fused-ring (bicyclic) bond motifs is 1. The molecule has 1 amide bonds. The molecule has 3 aromatic rings. The highest BCUT2D eigenvalue weighted by Crippen LogP contribution is 2.27. The van der Waals surface area contributed by atoms with E-state index in [1.54, 1.807) is 17.4 Å². The molecule has 0 saturated heterocycles. The van der Waals surface area contributed by atoms with Crippen molar-refractivity contribution in [2.45, 2.75) is 6.61 Å². The molecule has 0 spiro atoms. The van der Waals surface area contributed by atoms with Gasteiger partial charge in [0.2, 0.25) is 0 Å². The SMILES string of the molecule is COC(=O)/C(=C/c1csc2ccccc12)NC(=O)OCc1ccccc1.